The fourth-order valence-corrected chi connectivity index (χ4v) is 5.25. The van der Waals surface area contributed by atoms with Gasteiger partial charge in [-0.15, -0.1) is 10.2 Å². The number of aryl methyl sites for hydroxylation is 4. The van der Waals surface area contributed by atoms with E-state index in [1.807, 2.05) is 26.0 Å². The van der Waals surface area contributed by atoms with E-state index in [1.165, 1.54) is 5.56 Å². The van der Waals surface area contributed by atoms with Crippen LogP contribution in [0.2, 0.25) is 0 Å². The van der Waals surface area contributed by atoms with Gasteiger partial charge in [-0.1, -0.05) is 6.07 Å². The lowest BCUT2D eigenvalue weighted by molar-refractivity contribution is 0.454. The van der Waals surface area contributed by atoms with Gasteiger partial charge in [-0.2, -0.15) is 5.10 Å². The highest BCUT2D eigenvalue weighted by atomic mass is 32.2. The topological polar surface area (TPSA) is 99.0 Å². The molecule has 0 fully saturated rings. The number of hydrogen-bond donors (Lipinski definition) is 1. The zero-order chi connectivity index (χ0) is 23.7. The summed E-state index contributed by atoms with van der Waals surface area (Å²) in [6.07, 6.45) is 4.20. The number of fused-ring (bicyclic) bond motifs is 1. The van der Waals surface area contributed by atoms with Crippen LogP contribution >= 0.6 is 0 Å². The average molecular weight is 476 g/mol. The van der Waals surface area contributed by atoms with E-state index in [2.05, 4.69) is 20.0 Å². The molecule has 0 radical (unpaired) electrons. The minimum absolute atomic E-state index is 0.284. The van der Waals surface area contributed by atoms with E-state index in [4.69, 9.17) is 4.74 Å². The third-order valence-electron chi connectivity index (χ3n) is 5.81. The van der Waals surface area contributed by atoms with Crippen LogP contribution in [0, 0.1) is 13.8 Å². The van der Waals surface area contributed by atoms with Crippen LogP contribution in [0.5, 0.6) is 11.6 Å². The number of nitrogens with zero attached hydrogens (tertiary/aromatic N) is 4. The van der Waals surface area contributed by atoms with Crippen molar-refractivity contribution in [3.63, 3.8) is 0 Å². The first-order valence-corrected chi connectivity index (χ1v) is 12.7. The highest BCUT2D eigenvalue weighted by Crippen LogP contribution is 2.26. The van der Waals surface area contributed by atoms with Gasteiger partial charge in [0.2, 0.25) is 5.88 Å². The predicted molar refractivity (Wildman–Crippen MR) is 129 cm³/mol. The number of anilines is 1. The molecular weight excluding hydrogens is 450 g/mol. The number of benzene rings is 2. The Balaban J connectivity index is 1.26. The Labute approximate surface area is 198 Å². The molecule has 1 N–H and O–H groups in total. The van der Waals surface area contributed by atoms with Crippen molar-refractivity contribution in [1.82, 2.24) is 20.0 Å². The van der Waals surface area contributed by atoms with Crippen LogP contribution in [0.3, 0.4) is 0 Å². The number of ether oxygens (including phenoxy) is 1. The predicted octanol–water partition coefficient (Wildman–Crippen LogP) is 4.75. The molecule has 0 saturated carbocycles. The fraction of sp³-hybridized carbons (Fsp3) is 0.240. The van der Waals surface area contributed by atoms with Gasteiger partial charge < -0.3 is 4.74 Å². The SMILES string of the molecule is Cc1cc(C)n(-c2ccc(Oc3ccc(NS(=O)(=O)c4ccc5c(c4)CCCC5)cc3)nn2)n1. The van der Waals surface area contributed by atoms with Crippen LogP contribution in [-0.4, -0.2) is 28.4 Å². The van der Waals surface area contributed by atoms with E-state index in [0.29, 0.717) is 23.1 Å². The molecule has 0 atom stereocenters. The Bertz CT molecular complexity index is 1430. The van der Waals surface area contributed by atoms with Crippen LogP contribution < -0.4 is 9.46 Å². The Morgan fingerprint density at radius 2 is 1.65 bits per heavy atom. The molecule has 0 unspecified atom stereocenters. The first-order chi connectivity index (χ1) is 16.4. The lowest BCUT2D eigenvalue weighted by Gasteiger charge is -2.17. The van der Waals surface area contributed by atoms with Crippen LogP contribution in [0.25, 0.3) is 5.82 Å². The van der Waals surface area contributed by atoms with Crippen molar-refractivity contribution in [2.24, 2.45) is 0 Å². The van der Waals surface area contributed by atoms with Gasteiger partial charge in [0.05, 0.1) is 10.6 Å². The Morgan fingerprint density at radius 3 is 2.32 bits per heavy atom. The van der Waals surface area contributed by atoms with Gasteiger partial charge in [-0.25, -0.2) is 13.1 Å². The van der Waals surface area contributed by atoms with Crippen molar-refractivity contribution in [2.75, 3.05) is 4.72 Å². The molecule has 1 aliphatic rings. The largest absolute Gasteiger partial charge is 0.438 e. The number of hydrogen-bond acceptors (Lipinski definition) is 6. The third kappa shape index (κ3) is 4.65. The zero-order valence-corrected chi connectivity index (χ0v) is 19.8. The van der Waals surface area contributed by atoms with Crippen LogP contribution in [0.4, 0.5) is 5.69 Å². The maximum Gasteiger partial charge on any atom is 0.261 e. The van der Waals surface area contributed by atoms with E-state index in [-0.39, 0.29) is 4.90 Å². The fourth-order valence-electron chi connectivity index (χ4n) is 4.14. The minimum atomic E-state index is -3.67. The molecule has 174 valence electrons. The van der Waals surface area contributed by atoms with Gasteiger partial charge in [0.25, 0.3) is 10.0 Å². The lowest BCUT2D eigenvalue weighted by Crippen LogP contribution is -2.14. The van der Waals surface area contributed by atoms with E-state index in [0.717, 1.165) is 42.6 Å². The Kier molecular flexibility index (Phi) is 5.79. The smallest absolute Gasteiger partial charge is 0.261 e. The summed E-state index contributed by atoms with van der Waals surface area (Å²) in [5.74, 6) is 1.45. The first kappa shape index (κ1) is 22.1. The zero-order valence-electron chi connectivity index (χ0n) is 19.0. The Morgan fingerprint density at radius 1 is 0.882 bits per heavy atom. The van der Waals surface area contributed by atoms with Crippen molar-refractivity contribution in [1.29, 1.82) is 0 Å². The summed E-state index contributed by atoms with van der Waals surface area (Å²) in [7, 11) is -3.67. The Hall–Kier alpha value is -3.72. The molecular formula is C25H25N5O3S. The molecule has 0 spiro atoms. The summed E-state index contributed by atoms with van der Waals surface area (Å²) < 4.78 is 35.9. The van der Waals surface area contributed by atoms with Crippen LogP contribution in [0.1, 0.15) is 35.4 Å². The van der Waals surface area contributed by atoms with Crippen molar-refractivity contribution in [2.45, 2.75) is 44.4 Å². The maximum atomic E-state index is 12.9. The molecule has 0 bridgehead atoms. The number of sulfonamides is 1. The van der Waals surface area contributed by atoms with Crippen molar-refractivity contribution >= 4 is 15.7 Å². The highest BCUT2D eigenvalue weighted by Gasteiger charge is 2.18. The summed E-state index contributed by atoms with van der Waals surface area (Å²) in [5.41, 5.74) is 4.70. The standard InChI is InChI=1S/C25H25N5O3S/c1-17-15-18(2)30(28-17)24-13-14-25(27-26-24)33-22-10-8-21(9-11-22)29-34(31,32)23-12-7-19-5-3-4-6-20(19)16-23/h7-16,29H,3-6H2,1-2H3. The van der Waals surface area contributed by atoms with E-state index in [9.17, 15) is 8.42 Å². The summed E-state index contributed by atoms with van der Waals surface area (Å²) in [4.78, 5) is 0.284. The summed E-state index contributed by atoms with van der Waals surface area (Å²) in [6.45, 7) is 3.87. The molecule has 5 rings (SSSR count). The molecule has 2 heterocycles. The summed E-state index contributed by atoms with van der Waals surface area (Å²) in [6, 6.07) is 17.5. The van der Waals surface area contributed by atoms with E-state index in [1.54, 1.807) is 53.2 Å². The van der Waals surface area contributed by atoms with Gasteiger partial charge >= 0.3 is 0 Å². The maximum absolute atomic E-state index is 12.9. The van der Waals surface area contributed by atoms with E-state index < -0.39 is 10.0 Å². The minimum Gasteiger partial charge on any atom is -0.438 e. The van der Waals surface area contributed by atoms with Crippen molar-refractivity contribution in [3.05, 3.63) is 83.2 Å². The number of aromatic nitrogens is 4. The molecule has 34 heavy (non-hydrogen) atoms. The quantitative estimate of drug-likeness (QED) is 0.432. The van der Waals surface area contributed by atoms with Crippen LogP contribution in [0.15, 0.2) is 65.6 Å². The molecule has 1 aliphatic carbocycles. The van der Waals surface area contributed by atoms with Gasteiger partial charge in [-0.05, 0) is 99.2 Å². The van der Waals surface area contributed by atoms with Gasteiger partial charge in [0.1, 0.15) is 5.75 Å². The second kappa shape index (κ2) is 8.90. The second-order valence-electron chi connectivity index (χ2n) is 8.44. The van der Waals surface area contributed by atoms with E-state index >= 15 is 0 Å². The van der Waals surface area contributed by atoms with Crippen LogP contribution in [-0.2, 0) is 22.9 Å². The third-order valence-corrected chi connectivity index (χ3v) is 7.19. The molecule has 2 aromatic carbocycles. The molecule has 2 aromatic heterocycles. The molecule has 0 amide bonds. The first-order valence-electron chi connectivity index (χ1n) is 11.2. The molecule has 8 nitrogen and oxygen atoms in total. The molecule has 4 aromatic rings. The lowest BCUT2D eigenvalue weighted by atomic mass is 9.92. The van der Waals surface area contributed by atoms with Gasteiger partial charge in [0, 0.05) is 17.4 Å². The monoisotopic (exact) mass is 475 g/mol. The highest BCUT2D eigenvalue weighted by molar-refractivity contribution is 7.92. The second-order valence-corrected chi connectivity index (χ2v) is 10.1. The number of nitrogens with one attached hydrogen (secondary N) is 1. The van der Waals surface area contributed by atoms with Crippen molar-refractivity contribution < 1.29 is 13.2 Å². The molecule has 9 heteroatoms. The number of rotatable bonds is 6. The summed E-state index contributed by atoms with van der Waals surface area (Å²) >= 11 is 0. The normalized spacial score (nSPS) is 13.4. The van der Waals surface area contributed by atoms with Gasteiger partial charge in [0.15, 0.2) is 5.82 Å². The summed E-state index contributed by atoms with van der Waals surface area (Å²) in [5, 5.41) is 12.7. The van der Waals surface area contributed by atoms with Gasteiger partial charge in [-0.3, -0.25) is 4.72 Å². The molecule has 0 aliphatic heterocycles. The molecule has 0 saturated heterocycles. The van der Waals surface area contributed by atoms with Crippen molar-refractivity contribution in [3.8, 4) is 17.4 Å². The average Bonchev–Trinajstić information content (AvgIpc) is 3.18.